The van der Waals surface area contributed by atoms with Crippen molar-refractivity contribution in [2.75, 3.05) is 12.4 Å². The van der Waals surface area contributed by atoms with Gasteiger partial charge in [0.25, 0.3) is 0 Å². The third-order valence-electron chi connectivity index (χ3n) is 2.17. The molecule has 90 valence electrons. The Labute approximate surface area is 107 Å². The van der Waals surface area contributed by atoms with Gasteiger partial charge in [0.1, 0.15) is 0 Å². The van der Waals surface area contributed by atoms with E-state index in [0.717, 1.165) is 16.6 Å². The van der Waals surface area contributed by atoms with Crippen molar-refractivity contribution in [2.45, 2.75) is 13.5 Å². The number of aryl methyl sites for hydroxylation is 1. The summed E-state index contributed by atoms with van der Waals surface area (Å²) in [5.74, 6) is -0.386. The number of hydrogen-bond donors (Lipinski definition) is 1. The van der Waals surface area contributed by atoms with Crippen LogP contribution < -0.4 is 5.32 Å². The first-order valence-corrected chi connectivity index (χ1v) is 6.72. The summed E-state index contributed by atoms with van der Waals surface area (Å²) in [6, 6.07) is 4.06. The predicted molar refractivity (Wildman–Crippen MR) is 69.8 cm³/mol. The normalized spacial score (nSPS) is 10.2. The smallest absolute Gasteiger partial charge is 0.357 e. The molecule has 0 bridgehead atoms. The molecule has 0 aliphatic rings. The zero-order valence-corrected chi connectivity index (χ0v) is 11.2. The number of methoxy groups -OCH3 is 1. The molecule has 0 radical (unpaired) electrons. The van der Waals surface area contributed by atoms with Crippen LogP contribution in [-0.2, 0) is 11.3 Å². The van der Waals surface area contributed by atoms with Gasteiger partial charge >= 0.3 is 5.97 Å². The average Bonchev–Trinajstić information content (AvgIpc) is 2.94. The molecule has 0 amide bonds. The molecule has 2 aromatic heterocycles. The molecule has 0 saturated carbocycles. The third kappa shape index (κ3) is 2.83. The molecule has 6 heteroatoms. The second kappa shape index (κ2) is 5.29. The topological polar surface area (TPSA) is 51.2 Å². The van der Waals surface area contributed by atoms with E-state index in [9.17, 15) is 4.79 Å². The van der Waals surface area contributed by atoms with E-state index in [1.165, 1.54) is 23.3 Å². The second-order valence-corrected chi connectivity index (χ2v) is 5.58. The highest BCUT2D eigenvalue weighted by Crippen LogP contribution is 2.23. The molecule has 2 heterocycles. The van der Waals surface area contributed by atoms with Crippen LogP contribution in [0.2, 0.25) is 0 Å². The zero-order chi connectivity index (χ0) is 12.3. The van der Waals surface area contributed by atoms with E-state index in [1.807, 2.05) is 18.4 Å². The summed E-state index contributed by atoms with van der Waals surface area (Å²) in [5.41, 5.74) is 0.395. The predicted octanol–water partition coefficient (Wildman–Crippen LogP) is 2.91. The minimum atomic E-state index is -0.386. The van der Waals surface area contributed by atoms with E-state index in [4.69, 9.17) is 0 Å². The largest absolute Gasteiger partial charge is 0.464 e. The Morgan fingerprint density at radius 2 is 2.41 bits per heavy atom. The van der Waals surface area contributed by atoms with E-state index in [1.54, 1.807) is 11.3 Å². The van der Waals surface area contributed by atoms with E-state index < -0.39 is 0 Å². The monoisotopic (exact) mass is 268 g/mol. The molecular weight excluding hydrogens is 256 g/mol. The lowest BCUT2D eigenvalue weighted by Gasteiger charge is -1.98. The van der Waals surface area contributed by atoms with Gasteiger partial charge in [0.2, 0.25) is 0 Å². The average molecular weight is 268 g/mol. The van der Waals surface area contributed by atoms with Crippen molar-refractivity contribution in [2.24, 2.45) is 0 Å². The minimum absolute atomic E-state index is 0.386. The SMILES string of the molecule is COC(=O)c1nc(NCc2cccs2)sc1C. The van der Waals surface area contributed by atoms with Gasteiger partial charge in [-0.2, -0.15) is 0 Å². The summed E-state index contributed by atoms with van der Waals surface area (Å²) < 4.78 is 4.66. The van der Waals surface area contributed by atoms with Crippen LogP contribution in [0.25, 0.3) is 0 Å². The highest BCUT2D eigenvalue weighted by molar-refractivity contribution is 7.15. The van der Waals surface area contributed by atoms with Crippen LogP contribution in [0.5, 0.6) is 0 Å². The number of aromatic nitrogens is 1. The Balaban J connectivity index is 2.05. The van der Waals surface area contributed by atoms with Crippen LogP contribution in [0.1, 0.15) is 20.2 Å². The molecule has 0 atom stereocenters. The fraction of sp³-hybridized carbons (Fsp3) is 0.273. The lowest BCUT2D eigenvalue weighted by Crippen LogP contribution is -2.04. The van der Waals surface area contributed by atoms with E-state index in [-0.39, 0.29) is 5.97 Å². The Morgan fingerprint density at radius 3 is 3.06 bits per heavy atom. The Bertz CT molecular complexity index is 506. The molecule has 2 rings (SSSR count). The highest BCUT2D eigenvalue weighted by Gasteiger charge is 2.15. The van der Waals surface area contributed by atoms with Crippen LogP contribution in [0.4, 0.5) is 5.13 Å². The summed E-state index contributed by atoms with van der Waals surface area (Å²) in [7, 11) is 1.36. The highest BCUT2D eigenvalue weighted by atomic mass is 32.1. The summed E-state index contributed by atoms with van der Waals surface area (Å²) in [5, 5.41) is 5.98. The van der Waals surface area contributed by atoms with Crippen molar-refractivity contribution in [1.29, 1.82) is 0 Å². The molecule has 0 aromatic carbocycles. The first-order valence-electron chi connectivity index (χ1n) is 5.02. The lowest BCUT2D eigenvalue weighted by molar-refractivity contribution is 0.0594. The van der Waals surface area contributed by atoms with Crippen molar-refractivity contribution < 1.29 is 9.53 Å². The van der Waals surface area contributed by atoms with Crippen molar-refractivity contribution in [3.05, 3.63) is 33.0 Å². The van der Waals surface area contributed by atoms with Gasteiger partial charge in [0, 0.05) is 9.75 Å². The number of hydrogen-bond acceptors (Lipinski definition) is 6. The standard InChI is InChI=1S/C11H12N2O2S2/c1-7-9(10(14)15-2)13-11(17-7)12-6-8-4-3-5-16-8/h3-5H,6H2,1-2H3,(H,12,13). The lowest BCUT2D eigenvalue weighted by atomic mass is 10.4. The molecule has 1 N–H and O–H groups in total. The van der Waals surface area contributed by atoms with E-state index in [0.29, 0.717) is 5.69 Å². The van der Waals surface area contributed by atoms with Gasteiger partial charge in [-0.3, -0.25) is 0 Å². The first-order chi connectivity index (χ1) is 8.20. The van der Waals surface area contributed by atoms with E-state index in [2.05, 4.69) is 21.1 Å². The van der Waals surface area contributed by atoms with Crippen LogP contribution >= 0.6 is 22.7 Å². The number of anilines is 1. The molecular formula is C11H12N2O2S2. The third-order valence-corrected chi connectivity index (χ3v) is 3.97. The number of carbonyl (C=O) groups is 1. The van der Waals surface area contributed by atoms with Gasteiger partial charge in [0.05, 0.1) is 13.7 Å². The number of nitrogens with zero attached hydrogens (tertiary/aromatic N) is 1. The summed E-state index contributed by atoms with van der Waals surface area (Å²) >= 11 is 3.15. The summed E-state index contributed by atoms with van der Waals surface area (Å²) in [4.78, 5) is 17.7. The van der Waals surface area contributed by atoms with Gasteiger partial charge < -0.3 is 10.1 Å². The van der Waals surface area contributed by atoms with Crippen LogP contribution in [0.3, 0.4) is 0 Å². The fourth-order valence-corrected chi connectivity index (χ4v) is 2.78. The van der Waals surface area contributed by atoms with Crippen molar-refractivity contribution >= 4 is 33.8 Å². The van der Waals surface area contributed by atoms with Crippen molar-refractivity contribution in [3.63, 3.8) is 0 Å². The van der Waals surface area contributed by atoms with Gasteiger partial charge in [-0.1, -0.05) is 6.07 Å². The van der Waals surface area contributed by atoms with E-state index >= 15 is 0 Å². The molecule has 4 nitrogen and oxygen atoms in total. The van der Waals surface area contributed by atoms with Gasteiger partial charge in [0.15, 0.2) is 10.8 Å². The molecule has 2 aromatic rings. The number of thiophene rings is 1. The Morgan fingerprint density at radius 1 is 1.59 bits per heavy atom. The fourth-order valence-electron chi connectivity index (χ4n) is 1.33. The first kappa shape index (κ1) is 12.1. The Kier molecular flexibility index (Phi) is 3.75. The molecule has 0 unspecified atom stereocenters. The van der Waals surface area contributed by atoms with Gasteiger partial charge in [-0.15, -0.1) is 22.7 Å². The minimum Gasteiger partial charge on any atom is -0.464 e. The molecule has 0 aliphatic carbocycles. The number of rotatable bonds is 4. The number of thiazole rings is 1. The maximum atomic E-state index is 11.4. The maximum absolute atomic E-state index is 11.4. The number of carbonyl (C=O) groups excluding carboxylic acids is 1. The molecule has 0 aliphatic heterocycles. The molecule has 0 spiro atoms. The van der Waals surface area contributed by atoms with Gasteiger partial charge in [-0.25, -0.2) is 9.78 Å². The zero-order valence-electron chi connectivity index (χ0n) is 9.52. The van der Waals surface area contributed by atoms with Crippen LogP contribution in [0, 0.1) is 6.92 Å². The second-order valence-electron chi connectivity index (χ2n) is 3.35. The molecule has 17 heavy (non-hydrogen) atoms. The number of ether oxygens (including phenoxy) is 1. The van der Waals surface area contributed by atoms with Crippen LogP contribution in [0.15, 0.2) is 17.5 Å². The van der Waals surface area contributed by atoms with Crippen LogP contribution in [-0.4, -0.2) is 18.1 Å². The number of esters is 1. The van der Waals surface area contributed by atoms with Crippen molar-refractivity contribution in [3.8, 4) is 0 Å². The molecule has 0 fully saturated rings. The maximum Gasteiger partial charge on any atom is 0.357 e. The summed E-state index contributed by atoms with van der Waals surface area (Å²) in [6.07, 6.45) is 0. The number of nitrogens with one attached hydrogen (secondary N) is 1. The summed E-state index contributed by atoms with van der Waals surface area (Å²) in [6.45, 7) is 2.59. The quantitative estimate of drug-likeness (QED) is 0.866. The Hall–Kier alpha value is -1.40. The van der Waals surface area contributed by atoms with Gasteiger partial charge in [-0.05, 0) is 18.4 Å². The molecule has 0 saturated heterocycles. The van der Waals surface area contributed by atoms with Crippen molar-refractivity contribution in [1.82, 2.24) is 4.98 Å².